The number of nitrogens with zero attached hydrogens (tertiary/aromatic N) is 4. The van der Waals surface area contributed by atoms with Gasteiger partial charge in [-0.05, 0) is 42.5 Å². The number of fused-ring (bicyclic) bond motifs is 1. The standard InChI is InChI=1S/C22H20N6O2S/c29-20(15-3-1-4-16(13-15)26-21-23-7-2-8-24-21)25-17-5-6-18-19(14-17)31-22(27-18)28-9-11-30-12-10-28/h1-8,13-14H,9-12H2,(H,25,29)(H,23,24,26). The Kier molecular flexibility index (Phi) is 5.42. The molecular weight excluding hydrogens is 412 g/mol. The molecule has 1 aliphatic heterocycles. The van der Waals surface area contributed by atoms with E-state index in [1.54, 1.807) is 41.9 Å². The van der Waals surface area contributed by atoms with Crippen molar-refractivity contribution in [1.29, 1.82) is 0 Å². The molecule has 1 saturated heterocycles. The summed E-state index contributed by atoms with van der Waals surface area (Å²) in [6.45, 7) is 3.15. The Hall–Kier alpha value is -3.56. The zero-order valence-corrected chi connectivity index (χ0v) is 17.4. The van der Waals surface area contributed by atoms with E-state index in [1.807, 2.05) is 30.3 Å². The van der Waals surface area contributed by atoms with Crippen molar-refractivity contribution >= 4 is 49.9 Å². The van der Waals surface area contributed by atoms with Crippen molar-refractivity contribution in [2.45, 2.75) is 0 Å². The zero-order chi connectivity index (χ0) is 21.0. The van der Waals surface area contributed by atoms with Gasteiger partial charge in [0.05, 0.1) is 23.4 Å². The summed E-state index contributed by atoms with van der Waals surface area (Å²) in [5.41, 5.74) is 2.95. The fourth-order valence-corrected chi connectivity index (χ4v) is 4.37. The number of nitrogens with one attached hydrogen (secondary N) is 2. The molecule has 8 nitrogen and oxygen atoms in total. The van der Waals surface area contributed by atoms with Crippen LogP contribution in [0.15, 0.2) is 60.9 Å². The van der Waals surface area contributed by atoms with Crippen LogP contribution >= 0.6 is 11.3 Å². The molecule has 0 radical (unpaired) electrons. The molecule has 31 heavy (non-hydrogen) atoms. The largest absolute Gasteiger partial charge is 0.378 e. The number of rotatable bonds is 5. The normalized spacial score (nSPS) is 13.9. The van der Waals surface area contributed by atoms with Crippen LogP contribution in [0.4, 0.5) is 22.5 Å². The molecule has 3 heterocycles. The average Bonchev–Trinajstić information content (AvgIpc) is 3.24. The highest BCUT2D eigenvalue weighted by molar-refractivity contribution is 7.22. The predicted molar refractivity (Wildman–Crippen MR) is 122 cm³/mol. The summed E-state index contributed by atoms with van der Waals surface area (Å²) < 4.78 is 6.46. The number of amides is 1. The molecule has 156 valence electrons. The van der Waals surface area contributed by atoms with Gasteiger partial charge in [-0.1, -0.05) is 17.4 Å². The maximum atomic E-state index is 12.8. The lowest BCUT2D eigenvalue weighted by atomic mass is 10.2. The number of hydrogen-bond donors (Lipinski definition) is 2. The Morgan fingerprint density at radius 2 is 1.84 bits per heavy atom. The third kappa shape index (κ3) is 4.47. The van der Waals surface area contributed by atoms with Crippen molar-refractivity contribution in [1.82, 2.24) is 15.0 Å². The van der Waals surface area contributed by atoms with Crippen LogP contribution in [0, 0.1) is 0 Å². The van der Waals surface area contributed by atoms with E-state index in [4.69, 9.17) is 9.72 Å². The summed E-state index contributed by atoms with van der Waals surface area (Å²) in [7, 11) is 0. The number of morpholine rings is 1. The number of carbonyl (C=O) groups is 1. The molecular formula is C22H20N6O2S. The highest BCUT2D eigenvalue weighted by Gasteiger charge is 2.16. The summed E-state index contributed by atoms with van der Waals surface area (Å²) in [5.74, 6) is 0.293. The lowest BCUT2D eigenvalue weighted by Crippen LogP contribution is -2.36. The van der Waals surface area contributed by atoms with Crippen molar-refractivity contribution in [3.63, 3.8) is 0 Å². The summed E-state index contributed by atoms with van der Waals surface area (Å²) in [6.07, 6.45) is 3.32. The summed E-state index contributed by atoms with van der Waals surface area (Å²) in [4.78, 5) is 28.0. The van der Waals surface area contributed by atoms with Crippen molar-refractivity contribution in [2.75, 3.05) is 41.8 Å². The van der Waals surface area contributed by atoms with E-state index in [2.05, 4.69) is 25.5 Å². The Balaban J connectivity index is 1.31. The number of thiazole rings is 1. The summed E-state index contributed by atoms with van der Waals surface area (Å²) in [6, 6.07) is 14.8. The van der Waals surface area contributed by atoms with Crippen LogP contribution in [-0.2, 0) is 4.74 Å². The van der Waals surface area contributed by atoms with Crippen molar-refractivity contribution in [2.24, 2.45) is 0 Å². The number of ether oxygens (including phenoxy) is 1. The molecule has 0 aliphatic carbocycles. The highest BCUT2D eigenvalue weighted by Crippen LogP contribution is 2.31. The van der Waals surface area contributed by atoms with Crippen LogP contribution in [0.5, 0.6) is 0 Å². The number of anilines is 4. The van der Waals surface area contributed by atoms with Crippen LogP contribution < -0.4 is 15.5 Å². The van der Waals surface area contributed by atoms with Gasteiger partial charge < -0.3 is 20.3 Å². The van der Waals surface area contributed by atoms with Crippen molar-refractivity contribution < 1.29 is 9.53 Å². The first-order valence-electron chi connectivity index (χ1n) is 9.93. The zero-order valence-electron chi connectivity index (χ0n) is 16.6. The summed E-state index contributed by atoms with van der Waals surface area (Å²) >= 11 is 1.63. The molecule has 5 rings (SSSR count). The van der Waals surface area contributed by atoms with Crippen molar-refractivity contribution in [3.8, 4) is 0 Å². The summed E-state index contributed by atoms with van der Waals surface area (Å²) in [5, 5.41) is 7.07. The van der Waals surface area contributed by atoms with Gasteiger partial charge in [0.2, 0.25) is 5.95 Å². The van der Waals surface area contributed by atoms with E-state index in [0.29, 0.717) is 11.5 Å². The Morgan fingerprint density at radius 3 is 2.68 bits per heavy atom. The van der Waals surface area contributed by atoms with E-state index < -0.39 is 0 Å². The van der Waals surface area contributed by atoms with E-state index in [1.165, 1.54) is 0 Å². The lowest BCUT2D eigenvalue weighted by molar-refractivity contribution is 0.102. The van der Waals surface area contributed by atoms with Crippen LogP contribution in [0.3, 0.4) is 0 Å². The lowest BCUT2D eigenvalue weighted by Gasteiger charge is -2.25. The fraction of sp³-hybridized carbons (Fsp3) is 0.182. The number of hydrogen-bond acceptors (Lipinski definition) is 8. The second-order valence-corrected chi connectivity index (χ2v) is 8.02. The molecule has 0 spiro atoms. The molecule has 2 aromatic carbocycles. The van der Waals surface area contributed by atoms with Gasteiger partial charge >= 0.3 is 0 Å². The van der Waals surface area contributed by atoms with Crippen LogP contribution in [0.2, 0.25) is 0 Å². The predicted octanol–water partition coefficient (Wildman–Crippen LogP) is 3.92. The van der Waals surface area contributed by atoms with E-state index in [0.717, 1.165) is 53.0 Å². The second kappa shape index (κ2) is 8.66. The van der Waals surface area contributed by atoms with Gasteiger partial charge in [-0.3, -0.25) is 4.79 Å². The average molecular weight is 433 g/mol. The minimum Gasteiger partial charge on any atom is -0.378 e. The number of carbonyl (C=O) groups excluding carboxylic acids is 1. The van der Waals surface area contributed by atoms with Gasteiger partial charge in [0, 0.05) is 42.4 Å². The molecule has 1 aliphatic rings. The minimum absolute atomic E-state index is 0.185. The second-order valence-electron chi connectivity index (χ2n) is 7.01. The first kappa shape index (κ1) is 19.4. The molecule has 0 unspecified atom stereocenters. The van der Waals surface area contributed by atoms with Crippen LogP contribution in [-0.4, -0.2) is 47.2 Å². The molecule has 2 aromatic heterocycles. The topological polar surface area (TPSA) is 92.3 Å². The first-order valence-corrected chi connectivity index (χ1v) is 10.7. The molecule has 1 fully saturated rings. The van der Waals surface area contributed by atoms with E-state index >= 15 is 0 Å². The Labute approximate surface area is 182 Å². The van der Waals surface area contributed by atoms with Crippen molar-refractivity contribution in [3.05, 3.63) is 66.5 Å². The van der Waals surface area contributed by atoms with Gasteiger partial charge in [0.15, 0.2) is 5.13 Å². The molecule has 2 N–H and O–H groups in total. The Morgan fingerprint density at radius 1 is 1.00 bits per heavy atom. The van der Waals surface area contributed by atoms with Gasteiger partial charge in [-0.2, -0.15) is 0 Å². The molecule has 9 heteroatoms. The molecule has 0 atom stereocenters. The fourth-order valence-electron chi connectivity index (χ4n) is 3.31. The molecule has 4 aromatic rings. The SMILES string of the molecule is O=C(Nc1ccc2nc(N3CCOCC3)sc2c1)c1cccc(Nc2ncccn2)c1. The Bertz CT molecular complexity index is 1210. The van der Waals surface area contributed by atoms with E-state index in [-0.39, 0.29) is 5.91 Å². The number of benzene rings is 2. The van der Waals surface area contributed by atoms with Gasteiger partial charge in [0.25, 0.3) is 5.91 Å². The first-order chi connectivity index (χ1) is 15.2. The number of aromatic nitrogens is 3. The molecule has 0 saturated carbocycles. The monoisotopic (exact) mass is 432 g/mol. The van der Waals surface area contributed by atoms with Gasteiger partial charge in [-0.15, -0.1) is 0 Å². The van der Waals surface area contributed by atoms with Crippen LogP contribution in [0.1, 0.15) is 10.4 Å². The third-order valence-corrected chi connectivity index (χ3v) is 5.94. The maximum absolute atomic E-state index is 12.8. The minimum atomic E-state index is -0.185. The van der Waals surface area contributed by atoms with E-state index in [9.17, 15) is 4.79 Å². The highest BCUT2D eigenvalue weighted by atomic mass is 32.1. The van der Waals surface area contributed by atoms with Gasteiger partial charge in [-0.25, -0.2) is 15.0 Å². The van der Waals surface area contributed by atoms with Crippen LogP contribution in [0.25, 0.3) is 10.2 Å². The third-order valence-electron chi connectivity index (χ3n) is 4.86. The maximum Gasteiger partial charge on any atom is 0.255 e. The van der Waals surface area contributed by atoms with Gasteiger partial charge in [0.1, 0.15) is 0 Å². The molecule has 0 bridgehead atoms. The molecule has 1 amide bonds. The smallest absolute Gasteiger partial charge is 0.255 e. The quantitative estimate of drug-likeness (QED) is 0.494.